The molecule has 0 N–H and O–H groups in total. The van der Waals surface area contributed by atoms with Crippen LogP contribution in [0, 0.1) is 0 Å². The summed E-state index contributed by atoms with van der Waals surface area (Å²) in [5, 5.41) is 0. The molecule has 1 unspecified atom stereocenters. The van der Waals surface area contributed by atoms with Gasteiger partial charge in [0, 0.05) is 6.42 Å². The zero-order chi connectivity index (χ0) is 29.7. The first-order valence-corrected chi connectivity index (χ1v) is 17.4. The van der Waals surface area contributed by atoms with Crippen LogP contribution in [-0.4, -0.2) is 56.8 Å². The van der Waals surface area contributed by atoms with Crippen LogP contribution >= 0.6 is 0 Å². The highest BCUT2D eigenvalue weighted by Crippen LogP contribution is 2.15. The molecule has 1 atom stereocenters. The van der Waals surface area contributed by atoms with Crippen molar-refractivity contribution < 1.29 is 36.0 Å². The quantitative estimate of drug-likeness (QED) is 0.0507. The van der Waals surface area contributed by atoms with Gasteiger partial charge in [0.1, 0.15) is 6.54 Å². The van der Waals surface area contributed by atoms with Crippen LogP contribution in [0.5, 0.6) is 0 Å². The van der Waals surface area contributed by atoms with Crippen LogP contribution in [0.1, 0.15) is 174 Å². The second-order valence-corrected chi connectivity index (χ2v) is 13.2. The number of hydrogen-bond donors (Lipinski definition) is 0. The Morgan fingerprint density at radius 2 is 0.902 bits per heavy atom. The summed E-state index contributed by atoms with van der Waals surface area (Å²) in [6.45, 7) is 5.61. The number of esters is 2. The largest absolute Gasteiger partial charge is 1.00 e. The Hall–Kier alpha value is -0.810. The van der Waals surface area contributed by atoms with Gasteiger partial charge in [-0.25, -0.2) is 0 Å². The third-order valence-electron chi connectivity index (χ3n) is 7.69. The van der Waals surface area contributed by atoms with E-state index in [9.17, 15) is 9.59 Å². The maximum atomic E-state index is 12.5. The minimum atomic E-state index is -0.422. The van der Waals surface area contributed by atoms with Crippen LogP contribution in [-0.2, 0) is 19.1 Å². The summed E-state index contributed by atoms with van der Waals surface area (Å²) in [6.07, 6.45) is 29.5. The van der Waals surface area contributed by atoms with E-state index < -0.39 is 6.10 Å². The Balaban J connectivity index is 0. The Bertz CT molecular complexity index is 579. The molecule has 0 saturated heterocycles. The van der Waals surface area contributed by atoms with Crippen LogP contribution in [0.4, 0.5) is 0 Å². The van der Waals surface area contributed by atoms with Crippen molar-refractivity contribution in [3.05, 3.63) is 0 Å². The van der Waals surface area contributed by atoms with Crippen molar-refractivity contribution >= 4 is 11.9 Å². The summed E-state index contributed by atoms with van der Waals surface area (Å²) >= 11 is 0. The highest BCUT2D eigenvalue weighted by molar-refractivity contribution is 5.72. The monoisotopic (exact) mass is 603 g/mol. The van der Waals surface area contributed by atoms with E-state index in [0.717, 1.165) is 25.7 Å². The van der Waals surface area contributed by atoms with Crippen molar-refractivity contribution in [3.63, 3.8) is 0 Å². The van der Waals surface area contributed by atoms with Crippen molar-refractivity contribution in [3.8, 4) is 0 Å². The second-order valence-electron chi connectivity index (χ2n) is 13.2. The maximum Gasteiger partial charge on any atom is 0.309 e. The summed E-state index contributed by atoms with van der Waals surface area (Å²) in [4.78, 5) is 24.9. The molecular weight excluding hydrogens is 534 g/mol. The lowest BCUT2D eigenvalue weighted by Gasteiger charge is -2.28. The van der Waals surface area contributed by atoms with Crippen LogP contribution in [0.2, 0.25) is 0 Å². The molecule has 0 aromatic heterocycles. The van der Waals surface area contributed by atoms with Crippen LogP contribution < -0.4 is 12.4 Å². The van der Waals surface area contributed by atoms with Crippen LogP contribution in [0.25, 0.3) is 0 Å². The first-order valence-electron chi connectivity index (χ1n) is 17.4. The van der Waals surface area contributed by atoms with E-state index in [1.165, 1.54) is 122 Å². The van der Waals surface area contributed by atoms with Gasteiger partial charge in [-0.05, 0) is 12.8 Å². The summed E-state index contributed by atoms with van der Waals surface area (Å²) in [7, 11) is 6.17. The minimum Gasteiger partial charge on any atom is -1.00 e. The Labute approximate surface area is 262 Å². The van der Waals surface area contributed by atoms with E-state index >= 15 is 0 Å². The average Bonchev–Trinajstić information content (AvgIpc) is 2.89. The molecule has 0 radical (unpaired) electrons. The molecule has 6 heteroatoms. The van der Waals surface area contributed by atoms with E-state index in [4.69, 9.17) is 9.47 Å². The lowest BCUT2D eigenvalue weighted by atomic mass is 10.1. The normalized spacial score (nSPS) is 12.1. The summed E-state index contributed by atoms with van der Waals surface area (Å²) in [5.74, 6) is -0.424. The number of unbranched alkanes of at least 4 members (excludes halogenated alkanes) is 21. The number of halogens is 1. The summed E-state index contributed by atoms with van der Waals surface area (Å²) in [5.41, 5.74) is 0. The number of hydrogen-bond acceptors (Lipinski definition) is 4. The topological polar surface area (TPSA) is 52.6 Å². The van der Waals surface area contributed by atoms with Crippen LogP contribution in [0.15, 0.2) is 0 Å². The maximum absolute atomic E-state index is 12.5. The highest BCUT2D eigenvalue weighted by Gasteiger charge is 2.25. The lowest BCUT2D eigenvalue weighted by Crippen LogP contribution is -3.00. The summed E-state index contributed by atoms with van der Waals surface area (Å²) in [6, 6.07) is 0. The van der Waals surface area contributed by atoms with Gasteiger partial charge < -0.3 is 26.4 Å². The van der Waals surface area contributed by atoms with Gasteiger partial charge in [0.2, 0.25) is 0 Å². The van der Waals surface area contributed by atoms with Crippen molar-refractivity contribution in [2.24, 2.45) is 0 Å². The molecule has 0 rings (SSSR count). The third-order valence-corrected chi connectivity index (χ3v) is 7.69. The minimum absolute atomic E-state index is 0. The number of nitrogens with zero attached hydrogens (tertiary/aromatic N) is 1. The molecule has 0 aromatic carbocycles. The van der Waals surface area contributed by atoms with Crippen LogP contribution in [0.3, 0.4) is 0 Å². The van der Waals surface area contributed by atoms with Crippen molar-refractivity contribution in [1.82, 2.24) is 0 Å². The molecule has 0 bridgehead atoms. The SMILES string of the molecule is CCCCCCCCCCCCCCOC(=O)CC(C[N+](C)(C)C)OC(=O)CCCCCCCCCCCCC.[Cl-]. The standard InChI is InChI=1S/C35H70NO4.ClH/c1-6-8-10-12-14-16-18-20-22-24-26-28-30-39-35(38)31-33(32-36(3,4)5)40-34(37)29-27-25-23-21-19-17-15-13-11-9-7-2;/h33H,6-32H2,1-5H3;1H/q+1;/p-1. The Morgan fingerprint density at radius 1 is 0.537 bits per heavy atom. The number of rotatable bonds is 30. The van der Waals surface area contributed by atoms with Gasteiger partial charge in [0.25, 0.3) is 0 Å². The number of quaternary nitrogens is 1. The van der Waals surface area contributed by atoms with E-state index in [1.807, 2.05) is 0 Å². The summed E-state index contributed by atoms with van der Waals surface area (Å²) < 4.78 is 11.9. The zero-order valence-corrected chi connectivity index (χ0v) is 28.9. The van der Waals surface area contributed by atoms with E-state index in [0.29, 0.717) is 24.1 Å². The number of carbonyl (C=O) groups excluding carboxylic acids is 2. The predicted molar refractivity (Wildman–Crippen MR) is 171 cm³/mol. The van der Waals surface area contributed by atoms with Crippen molar-refractivity contribution in [2.45, 2.75) is 180 Å². The van der Waals surface area contributed by atoms with Gasteiger partial charge >= 0.3 is 11.9 Å². The lowest BCUT2D eigenvalue weighted by molar-refractivity contribution is -0.873. The first kappa shape index (κ1) is 42.3. The van der Waals surface area contributed by atoms with E-state index in [-0.39, 0.29) is 30.8 Å². The highest BCUT2D eigenvalue weighted by atomic mass is 35.5. The second kappa shape index (κ2) is 30.6. The fraction of sp³-hybridized carbons (Fsp3) is 0.943. The van der Waals surface area contributed by atoms with Gasteiger partial charge in [0.05, 0.1) is 34.2 Å². The predicted octanol–water partition coefficient (Wildman–Crippen LogP) is 6.94. The van der Waals surface area contributed by atoms with Gasteiger partial charge in [-0.2, -0.15) is 0 Å². The molecule has 0 spiro atoms. The molecule has 0 aromatic rings. The van der Waals surface area contributed by atoms with Crippen molar-refractivity contribution in [2.75, 3.05) is 34.3 Å². The molecule has 5 nitrogen and oxygen atoms in total. The molecule has 0 amide bonds. The molecule has 0 heterocycles. The molecular formula is C35H70ClNO4. The molecule has 0 aliphatic carbocycles. The van der Waals surface area contributed by atoms with Gasteiger partial charge in [0.15, 0.2) is 6.10 Å². The molecule has 41 heavy (non-hydrogen) atoms. The fourth-order valence-electron chi connectivity index (χ4n) is 5.31. The third kappa shape index (κ3) is 33.6. The number of carbonyl (C=O) groups is 2. The van der Waals surface area contributed by atoms with Gasteiger partial charge in [-0.1, -0.05) is 149 Å². The molecule has 0 aliphatic rings. The van der Waals surface area contributed by atoms with Gasteiger partial charge in [-0.3, -0.25) is 9.59 Å². The fourth-order valence-corrected chi connectivity index (χ4v) is 5.31. The van der Waals surface area contributed by atoms with E-state index in [1.54, 1.807) is 0 Å². The van der Waals surface area contributed by atoms with Gasteiger partial charge in [-0.15, -0.1) is 0 Å². The molecule has 0 aliphatic heterocycles. The zero-order valence-electron chi connectivity index (χ0n) is 28.1. The Kier molecular flexibility index (Phi) is 31.6. The smallest absolute Gasteiger partial charge is 0.309 e. The molecule has 0 saturated carbocycles. The van der Waals surface area contributed by atoms with Crippen molar-refractivity contribution in [1.29, 1.82) is 0 Å². The molecule has 246 valence electrons. The molecule has 0 fully saturated rings. The number of ether oxygens (including phenoxy) is 2. The first-order chi connectivity index (χ1) is 19.3. The number of likely N-dealkylation sites (N-methyl/N-ethyl adjacent to an activating group) is 1. The van der Waals surface area contributed by atoms with E-state index in [2.05, 4.69) is 35.0 Å². The Morgan fingerprint density at radius 3 is 1.29 bits per heavy atom. The average molecular weight is 604 g/mol.